The van der Waals surface area contributed by atoms with Gasteiger partial charge < -0.3 is 10.6 Å². The van der Waals surface area contributed by atoms with Crippen molar-refractivity contribution in [2.24, 2.45) is 0 Å². The maximum Gasteiger partial charge on any atom is 0.204 e. The first-order valence-corrected chi connectivity index (χ1v) is 2.38. The highest BCUT2D eigenvalue weighted by molar-refractivity contribution is 6.39. The van der Waals surface area contributed by atoms with Crippen LogP contribution in [0.3, 0.4) is 0 Å². The Hall–Kier alpha value is -0.0800. The van der Waals surface area contributed by atoms with Gasteiger partial charge >= 0.3 is 0 Å². The zero-order valence-electron chi connectivity index (χ0n) is 3.26. The average molecular weight is 137 g/mol. The molecule has 0 unspecified atom stereocenters. The predicted octanol–water partition coefficient (Wildman–Crippen LogP) is 0.780. The summed E-state index contributed by atoms with van der Waals surface area (Å²) < 4.78 is 0. The Labute approximate surface area is 51.5 Å². The van der Waals surface area contributed by atoms with Crippen LogP contribution in [-0.4, -0.2) is 0 Å². The van der Waals surface area contributed by atoms with E-state index in [1.807, 2.05) is 0 Å². The zero-order valence-corrected chi connectivity index (χ0v) is 4.77. The molecule has 7 heavy (non-hydrogen) atoms. The van der Waals surface area contributed by atoms with Crippen molar-refractivity contribution in [3.05, 3.63) is 17.0 Å². The van der Waals surface area contributed by atoms with Crippen molar-refractivity contribution in [2.45, 2.75) is 0 Å². The van der Waals surface area contributed by atoms with Gasteiger partial charge in [0.05, 0.1) is 0 Å². The topological polar surface area (TPSA) is 24.1 Å². The van der Waals surface area contributed by atoms with Crippen LogP contribution in [0.4, 0.5) is 0 Å². The van der Waals surface area contributed by atoms with Crippen LogP contribution in [0.2, 0.25) is 0 Å². The summed E-state index contributed by atoms with van der Waals surface area (Å²) in [6, 6.07) is 0. The van der Waals surface area contributed by atoms with E-state index < -0.39 is 0 Å². The molecule has 0 spiro atoms. The molecule has 4 heteroatoms. The highest BCUT2D eigenvalue weighted by atomic mass is 35.5. The molecular weight excluding hydrogens is 135 g/mol. The van der Waals surface area contributed by atoms with Gasteiger partial charge in [-0.25, -0.2) is 0 Å². The Balaban J connectivity index is 2.64. The first-order chi connectivity index (χ1) is 3.30. The molecule has 1 aliphatic rings. The van der Waals surface area contributed by atoms with E-state index in [1.54, 1.807) is 0 Å². The lowest BCUT2D eigenvalue weighted by Crippen LogP contribution is -2.04. The highest BCUT2D eigenvalue weighted by Gasteiger charge is 2.07. The summed E-state index contributed by atoms with van der Waals surface area (Å²) in [7, 11) is 0. The minimum Gasteiger partial charge on any atom is -0.344 e. The van der Waals surface area contributed by atoms with Gasteiger partial charge in [-0.3, -0.25) is 0 Å². The monoisotopic (exact) mass is 136 g/mol. The molecule has 38 valence electrons. The fourth-order valence-corrected chi connectivity index (χ4v) is 0.440. The van der Waals surface area contributed by atoms with Gasteiger partial charge in [-0.15, -0.1) is 0 Å². The SMILES string of the molecule is ClC1=C(Cl)N[C]N1. The minimum atomic E-state index is 0.390. The summed E-state index contributed by atoms with van der Waals surface area (Å²) in [5.74, 6) is 0. The maximum atomic E-state index is 5.37. The zero-order chi connectivity index (χ0) is 5.28. The smallest absolute Gasteiger partial charge is 0.204 e. The highest BCUT2D eigenvalue weighted by Crippen LogP contribution is 2.11. The molecule has 1 rings (SSSR count). The second kappa shape index (κ2) is 1.80. The fourth-order valence-electron chi connectivity index (χ4n) is 0.251. The van der Waals surface area contributed by atoms with E-state index in [1.165, 1.54) is 0 Å². The first kappa shape index (κ1) is 5.06. The molecule has 2 N–H and O–H groups in total. The number of nitrogens with one attached hydrogen (secondary N) is 2. The molecule has 2 nitrogen and oxygen atoms in total. The summed E-state index contributed by atoms with van der Waals surface area (Å²) in [6.45, 7) is 2.48. The predicted molar refractivity (Wildman–Crippen MR) is 28.2 cm³/mol. The maximum absolute atomic E-state index is 5.37. The van der Waals surface area contributed by atoms with E-state index in [0.717, 1.165) is 0 Å². The van der Waals surface area contributed by atoms with Crippen LogP contribution in [0.1, 0.15) is 0 Å². The Kier molecular flexibility index (Phi) is 1.30. The van der Waals surface area contributed by atoms with Crippen molar-refractivity contribution in [2.75, 3.05) is 0 Å². The Morgan fingerprint density at radius 1 is 1.14 bits per heavy atom. The van der Waals surface area contributed by atoms with Crippen molar-refractivity contribution in [3.63, 3.8) is 0 Å². The van der Waals surface area contributed by atoms with Crippen molar-refractivity contribution >= 4 is 23.2 Å². The van der Waals surface area contributed by atoms with Gasteiger partial charge in [0.1, 0.15) is 10.3 Å². The van der Waals surface area contributed by atoms with Crippen LogP contribution in [0.5, 0.6) is 0 Å². The van der Waals surface area contributed by atoms with Gasteiger partial charge in [-0.2, -0.15) is 0 Å². The summed E-state index contributed by atoms with van der Waals surface area (Å²) >= 11 is 10.7. The molecule has 0 aliphatic carbocycles. The van der Waals surface area contributed by atoms with Crippen molar-refractivity contribution in [3.8, 4) is 0 Å². The van der Waals surface area contributed by atoms with E-state index in [-0.39, 0.29) is 0 Å². The molecule has 0 aromatic carbocycles. The molecular formula is C3H2Cl2N2. The number of halogens is 2. The third-order valence-electron chi connectivity index (χ3n) is 0.537. The van der Waals surface area contributed by atoms with E-state index in [4.69, 9.17) is 23.2 Å². The Bertz CT molecular complexity index is 97.5. The van der Waals surface area contributed by atoms with Crippen LogP contribution >= 0.6 is 23.2 Å². The Morgan fingerprint density at radius 2 is 1.57 bits per heavy atom. The molecule has 0 amide bonds. The van der Waals surface area contributed by atoms with E-state index in [0.29, 0.717) is 10.3 Å². The van der Waals surface area contributed by atoms with Gasteiger partial charge in [-0.1, -0.05) is 23.2 Å². The van der Waals surface area contributed by atoms with Gasteiger partial charge in [0.25, 0.3) is 0 Å². The molecule has 1 aliphatic heterocycles. The van der Waals surface area contributed by atoms with Crippen molar-refractivity contribution in [1.82, 2.24) is 10.6 Å². The number of hydrogen-bond donors (Lipinski definition) is 2. The first-order valence-electron chi connectivity index (χ1n) is 1.63. The van der Waals surface area contributed by atoms with Gasteiger partial charge in [0, 0.05) is 0 Å². The van der Waals surface area contributed by atoms with E-state index in [2.05, 4.69) is 17.3 Å². The lowest BCUT2D eigenvalue weighted by atomic mass is 10.9. The van der Waals surface area contributed by atoms with Crippen LogP contribution in [0, 0.1) is 6.67 Å². The van der Waals surface area contributed by atoms with Crippen LogP contribution in [0.15, 0.2) is 10.3 Å². The lowest BCUT2D eigenvalue weighted by Gasteiger charge is -1.82. The Morgan fingerprint density at radius 3 is 1.71 bits per heavy atom. The minimum absolute atomic E-state index is 0.390. The second-order valence-electron chi connectivity index (χ2n) is 1.00. The summed E-state index contributed by atoms with van der Waals surface area (Å²) in [5.41, 5.74) is 0. The molecule has 2 radical (unpaired) electrons. The second-order valence-corrected chi connectivity index (χ2v) is 1.76. The third-order valence-corrected chi connectivity index (χ3v) is 1.20. The normalized spacial score (nSPS) is 19.1. The summed E-state index contributed by atoms with van der Waals surface area (Å²) in [4.78, 5) is 0. The molecule has 0 saturated carbocycles. The van der Waals surface area contributed by atoms with Gasteiger partial charge in [0.2, 0.25) is 6.67 Å². The standard InChI is InChI=1S/C3H2Cl2N2/c4-2-3(5)7-1-6-2/h6-7H. The van der Waals surface area contributed by atoms with E-state index >= 15 is 0 Å². The van der Waals surface area contributed by atoms with Crippen molar-refractivity contribution < 1.29 is 0 Å². The number of hydrogen-bond acceptors (Lipinski definition) is 2. The van der Waals surface area contributed by atoms with Gasteiger partial charge in [0.15, 0.2) is 0 Å². The quantitative estimate of drug-likeness (QED) is 0.482. The van der Waals surface area contributed by atoms with E-state index in [9.17, 15) is 0 Å². The summed E-state index contributed by atoms with van der Waals surface area (Å²) in [6.07, 6.45) is 0. The molecule has 0 aromatic heterocycles. The van der Waals surface area contributed by atoms with Crippen molar-refractivity contribution in [1.29, 1.82) is 0 Å². The molecule has 1 heterocycles. The van der Waals surface area contributed by atoms with Crippen LogP contribution in [-0.2, 0) is 0 Å². The fraction of sp³-hybridized carbons (Fsp3) is 0. The largest absolute Gasteiger partial charge is 0.344 e. The number of rotatable bonds is 0. The van der Waals surface area contributed by atoms with Crippen LogP contribution in [0.25, 0.3) is 0 Å². The lowest BCUT2D eigenvalue weighted by molar-refractivity contribution is 0.967. The third kappa shape index (κ3) is 0.924. The molecule has 0 atom stereocenters. The molecule has 0 bridgehead atoms. The summed E-state index contributed by atoms with van der Waals surface area (Å²) in [5, 5.41) is 5.82. The molecule has 0 saturated heterocycles. The molecule has 0 aromatic rings. The average Bonchev–Trinajstić information content (AvgIpc) is 1.91. The van der Waals surface area contributed by atoms with Crippen LogP contribution < -0.4 is 10.6 Å². The molecule has 0 fully saturated rings. The van der Waals surface area contributed by atoms with Gasteiger partial charge in [-0.05, 0) is 0 Å².